The number of benzene rings is 1. The van der Waals surface area contributed by atoms with Gasteiger partial charge in [-0.05, 0) is 56.2 Å². The molecule has 0 N–H and O–H groups in total. The number of ether oxygens (including phenoxy) is 2. The zero-order valence-corrected chi connectivity index (χ0v) is 18.4. The van der Waals surface area contributed by atoms with E-state index in [-0.39, 0.29) is 30.0 Å². The van der Waals surface area contributed by atoms with Crippen molar-refractivity contribution in [3.63, 3.8) is 0 Å². The molecule has 31 heavy (non-hydrogen) atoms. The van der Waals surface area contributed by atoms with Gasteiger partial charge in [-0.3, -0.25) is 14.5 Å². The minimum Gasteiger partial charge on any atom is -0.466 e. The van der Waals surface area contributed by atoms with Crippen molar-refractivity contribution in [3.8, 4) is 0 Å². The Morgan fingerprint density at radius 3 is 2.61 bits per heavy atom. The molecule has 2 heterocycles. The third-order valence-corrected chi connectivity index (χ3v) is 7.35. The van der Waals surface area contributed by atoms with Crippen molar-refractivity contribution in [1.29, 1.82) is 0 Å². The van der Waals surface area contributed by atoms with Crippen LogP contribution in [0, 0.1) is 17.2 Å². The molecule has 0 aromatic heterocycles. The number of piperidine rings is 1. The van der Waals surface area contributed by atoms with Crippen LogP contribution in [-0.2, 0) is 25.5 Å². The molecule has 2 aliphatic heterocycles. The summed E-state index contributed by atoms with van der Waals surface area (Å²) in [7, 11) is 0. The van der Waals surface area contributed by atoms with Gasteiger partial charge in [-0.2, -0.15) is 0 Å². The Labute approximate surface area is 183 Å². The topological polar surface area (TPSA) is 59.1 Å². The lowest BCUT2D eigenvalue weighted by Crippen LogP contribution is -2.59. The first-order chi connectivity index (χ1) is 15.0. The van der Waals surface area contributed by atoms with Gasteiger partial charge >= 0.3 is 5.97 Å². The van der Waals surface area contributed by atoms with Crippen LogP contribution in [0.3, 0.4) is 0 Å². The number of rotatable bonds is 5. The maximum atomic E-state index is 13.2. The Balaban J connectivity index is 1.47. The van der Waals surface area contributed by atoms with Gasteiger partial charge in [0.05, 0.1) is 31.7 Å². The normalized spacial score (nSPS) is 29.3. The maximum absolute atomic E-state index is 13.2. The lowest BCUT2D eigenvalue weighted by Gasteiger charge is -2.52. The number of fused-ring (bicyclic) bond motifs is 1. The zero-order valence-electron chi connectivity index (χ0n) is 18.4. The first-order valence-corrected chi connectivity index (χ1v) is 11.5. The summed E-state index contributed by atoms with van der Waals surface area (Å²) in [6.45, 7) is 6.71. The fraction of sp³-hybridized carbons (Fsp3) is 0.667. The van der Waals surface area contributed by atoms with E-state index in [2.05, 4.69) is 4.90 Å². The Hall–Kier alpha value is -1.99. The smallest absolute Gasteiger partial charge is 0.314 e. The molecule has 1 aliphatic carbocycles. The highest BCUT2D eigenvalue weighted by atomic mass is 19.1. The van der Waals surface area contributed by atoms with E-state index in [0.29, 0.717) is 25.7 Å². The first kappa shape index (κ1) is 22.2. The number of hydrogen-bond donors (Lipinski definition) is 0. The number of halogens is 1. The van der Waals surface area contributed by atoms with E-state index in [1.165, 1.54) is 12.1 Å². The Morgan fingerprint density at radius 1 is 1.16 bits per heavy atom. The number of morpholine rings is 1. The van der Waals surface area contributed by atoms with Crippen molar-refractivity contribution in [3.05, 3.63) is 35.6 Å². The van der Waals surface area contributed by atoms with Crippen molar-refractivity contribution in [2.75, 3.05) is 46.0 Å². The van der Waals surface area contributed by atoms with E-state index in [1.807, 2.05) is 11.8 Å². The summed E-state index contributed by atoms with van der Waals surface area (Å²) < 4.78 is 24.2. The standard InChI is InChI=1S/C24H33FN2O4/c1-2-31-23(29)24-9-7-21(26-11-13-30-14-12-26)16-19(24)8-10-27(17-24)22(28)15-18-3-5-20(25)6-4-18/h3-6,19,21H,2,7-17H2,1H3/t19-,21?,24-/m1/s1. The molecule has 6 nitrogen and oxygen atoms in total. The second kappa shape index (κ2) is 9.65. The molecule has 3 fully saturated rings. The number of carbonyl (C=O) groups is 2. The molecule has 2 saturated heterocycles. The average molecular weight is 433 g/mol. The summed E-state index contributed by atoms with van der Waals surface area (Å²) in [6, 6.07) is 6.52. The second-order valence-electron chi connectivity index (χ2n) is 9.06. The molecular weight excluding hydrogens is 399 g/mol. The summed E-state index contributed by atoms with van der Waals surface area (Å²) in [5, 5.41) is 0. The van der Waals surface area contributed by atoms with E-state index in [0.717, 1.165) is 57.6 Å². The van der Waals surface area contributed by atoms with E-state index < -0.39 is 5.41 Å². The van der Waals surface area contributed by atoms with Crippen molar-refractivity contribution in [1.82, 2.24) is 9.80 Å². The number of hydrogen-bond acceptors (Lipinski definition) is 5. The molecule has 0 bridgehead atoms. The summed E-state index contributed by atoms with van der Waals surface area (Å²) in [5.74, 6) is -0.248. The molecule has 3 aliphatic rings. The van der Waals surface area contributed by atoms with E-state index in [9.17, 15) is 14.0 Å². The molecule has 3 atom stereocenters. The van der Waals surface area contributed by atoms with Crippen LogP contribution in [0.15, 0.2) is 24.3 Å². The molecule has 1 aromatic rings. The van der Waals surface area contributed by atoms with Crippen LogP contribution < -0.4 is 0 Å². The fourth-order valence-corrected chi connectivity index (χ4v) is 5.62. The molecule has 0 radical (unpaired) electrons. The van der Waals surface area contributed by atoms with Gasteiger partial charge < -0.3 is 14.4 Å². The van der Waals surface area contributed by atoms with Gasteiger partial charge in [0.15, 0.2) is 0 Å². The fourth-order valence-electron chi connectivity index (χ4n) is 5.62. The highest BCUT2D eigenvalue weighted by molar-refractivity contribution is 5.82. The van der Waals surface area contributed by atoms with Crippen molar-refractivity contribution >= 4 is 11.9 Å². The minimum absolute atomic E-state index is 0.0102. The van der Waals surface area contributed by atoms with Gasteiger partial charge in [0.2, 0.25) is 5.91 Å². The molecule has 7 heteroatoms. The highest BCUT2D eigenvalue weighted by Crippen LogP contribution is 2.48. The number of carbonyl (C=O) groups excluding carboxylic acids is 2. The molecule has 4 rings (SSSR count). The summed E-state index contributed by atoms with van der Waals surface area (Å²) in [6.07, 6.45) is 3.70. The minimum atomic E-state index is -0.616. The largest absolute Gasteiger partial charge is 0.466 e. The molecule has 0 spiro atoms. The van der Waals surface area contributed by atoms with Crippen LogP contribution in [0.4, 0.5) is 4.39 Å². The second-order valence-corrected chi connectivity index (χ2v) is 9.06. The monoisotopic (exact) mass is 432 g/mol. The molecule has 1 aromatic carbocycles. The number of amides is 1. The Morgan fingerprint density at radius 2 is 1.90 bits per heavy atom. The lowest BCUT2D eigenvalue weighted by atomic mass is 9.61. The molecule has 1 saturated carbocycles. The molecule has 170 valence electrons. The van der Waals surface area contributed by atoms with Gasteiger partial charge in [-0.15, -0.1) is 0 Å². The first-order valence-electron chi connectivity index (χ1n) is 11.5. The molecule has 1 amide bonds. The summed E-state index contributed by atoms with van der Waals surface area (Å²) >= 11 is 0. The van der Waals surface area contributed by atoms with Gasteiger partial charge in [0.1, 0.15) is 5.82 Å². The third kappa shape index (κ3) is 4.77. The zero-order chi connectivity index (χ0) is 21.8. The highest BCUT2D eigenvalue weighted by Gasteiger charge is 2.54. The maximum Gasteiger partial charge on any atom is 0.314 e. The quantitative estimate of drug-likeness (QED) is 0.670. The van der Waals surface area contributed by atoms with E-state index >= 15 is 0 Å². The number of likely N-dealkylation sites (tertiary alicyclic amines) is 1. The summed E-state index contributed by atoms with van der Waals surface area (Å²) in [4.78, 5) is 30.5. The summed E-state index contributed by atoms with van der Waals surface area (Å²) in [5.41, 5.74) is 0.171. The van der Waals surface area contributed by atoms with Gasteiger partial charge in [-0.25, -0.2) is 4.39 Å². The lowest BCUT2D eigenvalue weighted by molar-refractivity contribution is -0.171. The SMILES string of the molecule is CCOC(=O)[C@@]12CCC(N3CCOCC3)C[C@H]1CCN(C(=O)Cc1ccc(F)cc1)C2. The molecule has 1 unspecified atom stereocenters. The van der Waals surface area contributed by atoms with Crippen molar-refractivity contribution in [2.24, 2.45) is 11.3 Å². The van der Waals surface area contributed by atoms with Crippen LogP contribution in [0.25, 0.3) is 0 Å². The van der Waals surface area contributed by atoms with Gasteiger partial charge in [0.25, 0.3) is 0 Å². The van der Waals surface area contributed by atoms with Crippen molar-refractivity contribution in [2.45, 2.75) is 45.1 Å². The molecular formula is C24H33FN2O4. The van der Waals surface area contributed by atoms with Crippen LogP contribution in [0.5, 0.6) is 0 Å². The predicted molar refractivity (Wildman–Crippen MR) is 114 cm³/mol. The Kier molecular flexibility index (Phi) is 6.92. The third-order valence-electron chi connectivity index (χ3n) is 7.35. The van der Waals surface area contributed by atoms with Crippen LogP contribution in [0.1, 0.15) is 38.2 Å². The van der Waals surface area contributed by atoms with Crippen LogP contribution in [0.2, 0.25) is 0 Å². The Bertz CT molecular complexity index is 780. The van der Waals surface area contributed by atoms with E-state index in [4.69, 9.17) is 9.47 Å². The van der Waals surface area contributed by atoms with Crippen LogP contribution in [-0.4, -0.2) is 73.7 Å². The predicted octanol–water partition coefficient (Wildman–Crippen LogP) is 2.65. The number of esters is 1. The number of nitrogens with zero attached hydrogens (tertiary/aromatic N) is 2. The van der Waals surface area contributed by atoms with Crippen molar-refractivity contribution < 1.29 is 23.5 Å². The average Bonchev–Trinajstić information content (AvgIpc) is 2.80. The van der Waals surface area contributed by atoms with Crippen LogP contribution >= 0.6 is 0 Å². The van der Waals surface area contributed by atoms with E-state index in [1.54, 1.807) is 12.1 Å². The van der Waals surface area contributed by atoms with Gasteiger partial charge in [0, 0.05) is 32.2 Å². The van der Waals surface area contributed by atoms with Gasteiger partial charge in [-0.1, -0.05) is 12.1 Å².